The molecule has 0 aliphatic heterocycles. The van der Waals surface area contributed by atoms with Gasteiger partial charge in [-0.1, -0.05) is 29.8 Å². The van der Waals surface area contributed by atoms with Gasteiger partial charge in [0, 0.05) is 37.7 Å². The van der Waals surface area contributed by atoms with Gasteiger partial charge in [-0.2, -0.15) is 0 Å². The molecule has 1 aromatic carbocycles. The van der Waals surface area contributed by atoms with Crippen molar-refractivity contribution in [2.45, 2.75) is 13.3 Å². The summed E-state index contributed by atoms with van der Waals surface area (Å²) < 4.78 is 4.94. The number of aromatic nitrogens is 1. The van der Waals surface area contributed by atoms with Crippen LogP contribution in [0.5, 0.6) is 0 Å². The van der Waals surface area contributed by atoms with Crippen molar-refractivity contribution in [1.82, 2.24) is 15.6 Å². The van der Waals surface area contributed by atoms with Crippen LogP contribution in [-0.4, -0.2) is 44.2 Å². The maximum Gasteiger partial charge on any atom is 0.226 e. The molecule has 0 spiro atoms. The van der Waals surface area contributed by atoms with E-state index in [1.165, 1.54) is 5.56 Å². The molecule has 6 heteroatoms. The molecule has 1 amide bonds. The average Bonchev–Trinajstić information content (AvgIpc) is 3.00. The van der Waals surface area contributed by atoms with E-state index in [1.54, 1.807) is 18.4 Å². The summed E-state index contributed by atoms with van der Waals surface area (Å²) in [5, 5.41) is 8.97. The molecule has 0 radical (unpaired) electrons. The molecule has 0 aliphatic rings. The lowest BCUT2D eigenvalue weighted by molar-refractivity contribution is -0.120. The Labute approximate surface area is 141 Å². The smallest absolute Gasteiger partial charge is 0.226 e. The minimum atomic E-state index is -0.000650. The van der Waals surface area contributed by atoms with E-state index in [9.17, 15) is 4.79 Å². The van der Waals surface area contributed by atoms with E-state index in [0.29, 0.717) is 19.6 Å². The quantitative estimate of drug-likeness (QED) is 0.689. The van der Waals surface area contributed by atoms with Crippen molar-refractivity contribution in [1.29, 1.82) is 0 Å². The number of hydrogen-bond acceptors (Lipinski definition) is 5. The minimum Gasteiger partial charge on any atom is -0.383 e. The van der Waals surface area contributed by atoms with Crippen LogP contribution in [0.1, 0.15) is 11.3 Å². The van der Waals surface area contributed by atoms with Crippen LogP contribution in [0.15, 0.2) is 29.6 Å². The molecule has 0 bridgehead atoms. The lowest BCUT2D eigenvalue weighted by Gasteiger charge is -2.05. The number of ether oxygens (including phenoxy) is 1. The molecule has 1 aromatic heterocycles. The fourth-order valence-electron chi connectivity index (χ4n) is 2.03. The molecule has 1 heterocycles. The van der Waals surface area contributed by atoms with Crippen LogP contribution in [0.3, 0.4) is 0 Å². The minimum absolute atomic E-state index is 0.000650. The van der Waals surface area contributed by atoms with E-state index in [0.717, 1.165) is 29.4 Å². The van der Waals surface area contributed by atoms with Crippen molar-refractivity contribution in [3.63, 3.8) is 0 Å². The monoisotopic (exact) mass is 333 g/mol. The van der Waals surface area contributed by atoms with E-state index in [2.05, 4.69) is 46.8 Å². The van der Waals surface area contributed by atoms with Gasteiger partial charge in [0.15, 0.2) is 0 Å². The Morgan fingerprint density at radius 3 is 2.74 bits per heavy atom. The predicted octanol–water partition coefficient (Wildman–Crippen LogP) is 2.01. The summed E-state index contributed by atoms with van der Waals surface area (Å²) in [5.74, 6) is -0.000650. The van der Waals surface area contributed by atoms with Crippen LogP contribution in [0.4, 0.5) is 0 Å². The van der Waals surface area contributed by atoms with Gasteiger partial charge in [0.05, 0.1) is 18.7 Å². The van der Waals surface area contributed by atoms with Gasteiger partial charge in [0.1, 0.15) is 5.01 Å². The average molecular weight is 333 g/mol. The normalized spacial score (nSPS) is 10.7. The van der Waals surface area contributed by atoms with Gasteiger partial charge < -0.3 is 15.4 Å². The van der Waals surface area contributed by atoms with E-state index >= 15 is 0 Å². The molecule has 0 unspecified atom stereocenters. The highest BCUT2D eigenvalue weighted by atomic mass is 32.1. The molecule has 0 saturated carbocycles. The molecular weight excluding hydrogens is 310 g/mol. The van der Waals surface area contributed by atoms with E-state index in [1.807, 2.05) is 5.38 Å². The van der Waals surface area contributed by atoms with Crippen LogP contribution >= 0.6 is 11.3 Å². The molecule has 124 valence electrons. The summed E-state index contributed by atoms with van der Waals surface area (Å²) in [5.41, 5.74) is 3.13. The number of methoxy groups -OCH3 is 1. The molecule has 2 N–H and O–H groups in total. The van der Waals surface area contributed by atoms with Crippen molar-refractivity contribution < 1.29 is 9.53 Å². The SMILES string of the molecule is COCCNCCNC(=O)Cc1csc(-c2ccc(C)cc2)n1. The zero-order valence-corrected chi connectivity index (χ0v) is 14.4. The third kappa shape index (κ3) is 6.09. The van der Waals surface area contributed by atoms with Crippen molar-refractivity contribution in [2.75, 3.05) is 33.4 Å². The molecule has 23 heavy (non-hydrogen) atoms. The molecule has 2 aromatic rings. The number of amides is 1. The number of benzene rings is 1. The fourth-order valence-corrected chi connectivity index (χ4v) is 2.86. The summed E-state index contributed by atoms with van der Waals surface area (Å²) in [6.07, 6.45) is 0.320. The standard InChI is InChI=1S/C17H23N3O2S/c1-13-3-5-14(6-4-13)17-20-15(12-23-17)11-16(21)19-8-7-18-9-10-22-2/h3-6,12,18H,7-11H2,1-2H3,(H,19,21). The van der Waals surface area contributed by atoms with E-state index in [4.69, 9.17) is 4.74 Å². The van der Waals surface area contributed by atoms with E-state index < -0.39 is 0 Å². The highest BCUT2D eigenvalue weighted by Gasteiger charge is 2.08. The molecule has 0 aliphatic carbocycles. The number of carbonyl (C=O) groups excluding carboxylic acids is 1. The Morgan fingerprint density at radius 1 is 1.22 bits per heavy atom. The first-order valence-corrected chi connectivity index (χ1v) is 8.55. The second-order valence-corrected chi connectivity index (χ2v) is 6.14. The third-order valence-corrected chi connectivity index (χ3v) is 4.24. The molecule has 0 fully saturated rings. The Morgan fingerprint density at radius 2 is 2.00 bits per heavy atom. The lowest BCUT2D eigenvalue weighted by Crippen LogP contribution is -2.33. The van der Waals surface area contributed by atoms with Gasteiger partial charge in [-0.3, -0.25) is 4.79 Å². The number of hydrogen-bond donors (Lipinski definition) is 2. The molecule has 0 saturated heterocycles. The Balaban J connectivity index is 1.75. The summed E-state index contributed by atoms with van der Waals surface area (Å²) in [4.78, 5) is 16.4. The highest BCUT2D eigenvalue weighted by molar-refractivity contribution is 7.13. The summed E-state index contributed by atoms with van der Waals surface area (Å²) in [6.45, 7) is 4.87. The number of rotatable bonds is 9. The van der Waals surface area contributed by atoms with Crippen LogP contribution in [0.25, 0.3) is 10.6 Å². The van der Waals surface area contributed by atoms with Gasteiger partial charge in [-0.15, -0.1) is 11.3 Å². The number of aryl methyl sites for hydroxylation is 1. The fraction of sp³-hybridized carbons (Fsp3) is 0.412. The number of nitrogens with one attached hydrogen (secondary N) is 2. The maximum absolute atomic E-state index is 11.9. The first kappa shape index (κ1) is 17.6. The van der Waals surface area contributed by atoms with Crippen LogP contribution < -0.4 is 10.6 Å². The van der Waals surface area contributed by atoms with Crippen molar-refractivity contribution in [3.05, 3.63) is 40.9 Å². The first-order chi connectivity index (χ1) is 11.2. The summed E-state index contributed by atoms with van der Waals surface area (Å²) >= 11 is 1.57. The molecule has 0 atom stereocenters. The number of carbonyl (C=O) groups is 1. The summed E-state index contributed by atoms with van der Waals surface area (Å²) in [6, 6.07) is 8.26. The maximum atomic E-state index is 11.9. The van der Waals surface area contributed by atoms with Crippen LogP contribution in [0, 0.1) is 6.92 Å². The Hall–Kier alpha value is -1.76. The van der Waals surface area contributed by atoms with Gasteiger partial charge in [0.2, 0.25) is 5.91 Å². The number of thiazole rings is 1. The highest BCUT2D eigenvalue weighted by Crippen LogP contribution is 2.24. The zero-order chi connectivity index (χ0) is 16.5. The van der Waals surface area contributed by atoms with E-state index in [-0.39, 0.29) is 5.91 Å². The first-order valence-electron chi connectivity index (χ1n) is 7.67. The largest absolute Gasteiger partial charge is 0.383 e. The van der Waals surface area contributed by atoms with Crippen molar-refractivity contribution in [3.8, 4) is 10.6 Å². The van der Waals surface area contributed by atoms with Gasteiger partial charge in [-0.25, -0.2) is 4.98 Å². The van der Waals surface area contributed by atoms with Gasteiger partial charge in [0.25, 0.3) is 0 Å². The zero-order valence-electron chi connectivity index (χ0n) is 13.6. The number of nitrogens with zero attached hydrogens (tertiary/aromatic N) is 1. The Bertz CT molecular complexity index is 611. The third-order valence-electron chi connectivity index (χ3n) is 3.30. The topological polar surface area (TPSA) is 63.2 Å². The second kappa shape index (κ2) is 9.39. The molecule has 5 nitrogen and oxygen atoms in total. The summed E-state index contributed by atoms with van der Waals surface area (Å²) in [7, 11) is 1.67. The second-order valence-electron chi connectivity index (χ2n) is 5.28. The predicted molar refractivity (Wildman–Crippen MR) is 93.7 cm³/mol. The molecule has 2 rings (SSSR count). The van der Waals surface area contributed by atoms with Crippen LogP contribution in [-0.2, 0) is 16.0 Å². The van der Waals surface area contributed by atoms with Crippen LogP contribution in [0.2, 0.25) is 0 Å². The Kier molecular flexibility index (Phi) is 7.19. The lowest BCUT2D eigenvalue weighted by atomic mass is 10.2. The van der Waals surface area contributed by atoms with Gasteiger partial charge in [-0.05, 0) is 6.92 Å². The van der Waals surface area contributed by atoms with Gasteiger partial charge >= 0.3 is 0 Å². The van der Waals surface area contributed by atoms with Crippen molar-refractivity contribution >= 4 is 17.2 Å². The molecular formula is C17H23N3O2S. The van der Waals surface area contributed by atoms with Crippen molar-refractivity contribution in [2.24, 2.45) is 0 Å².